The summed E-state index contributed by atoms with van der Waals surface area (Å²) in [6.07, 6.45) is 1.90. The molecule has 0 bridgehead atoms. The molecule has 2 aliphatic rings. The van der Waals surface area contributed by atoms with E-state index in [1.165, 1.54) is 11.3 Å². The predicted molar refractivity (Wildman–Crippen MR) is 125 cm³/mol. The number of carbonyl (C=O) groups is 1. The number of amides is 1. The van der Waals surface area contributed by atoms with Crippen LogP contribution in [-0.2, 0) is 0 Å². The van der Waals surface area contributed by atoms with Crippen LogP contribution in [0.4, 0.5) is 11.4 Å². The molecule has 1 amide bonds. The molecule has 0 aliphatic carbocycles. The molecule has 5 rings (SSSR count). The molecular formula is C20H22N8OS2. The van der Waals surface area contributed by atoms with Crippen LogP contribution >= 0.6 is 22.7 Å². The van der Waals surface area contributed by atoms with Crippen molar-refractivity contribution in [3.05, 3.63) is 51.7 Å². The third-order valence-electron chi connectivity index (χ3n) is 5.28. The van der Waals surface area contributed by atoms with Crippen molar-refractivity contribution in [2.24, 2.45) is 10.8 Å². The molecule has 9 nitrogen and oxygen atoms in total. The molecule has 1 saturated heterocycles. The summed E-state index contributed by atoms with van der Waals surface area (Å²) in [4.78, 5) is 20.8. The Hall–Kier alpha value is -2.99. The monoisotopic (exact) mass is 454 g/mol. The number of amidine groups is 1. The van der Waals surface area contributed by atoms with Crippen LogP contribution in [0.15, 0.2) is 46.2 Å². The van der Waals surface area contributed by atoms with Crippen LogP contribution in [0, 0.1) is 0 Å². The molecule has 11 heteroatoms. The number of para-hydroxylation sites is 2. The van der Waals surface area contributed by atoms with Gasteiger partial charge in [-0.15, -0.1) is 33.3 Å². The maximum absolute atomic E-state index is 13.0. The average Bonchev–Trinajstić information content (AvgIpc) is 3.55. The van der Waals surface area contributed by atoms with Crippen molar-refractivity contribution in [1.29, 1.82) is 0 Å². The van der Waals surface area contributed by atoms with E-state index < -0.39 is 0 Å². The molecule has 31 heavy (non-hydrogen) atoms. The molecular weight excluding hydrogens is 432 g/mol. The Morgan fingerprint density at radius 1 is 1.19 bits per heavy atom. The minimum absolute atomic E-state index is 0.222. The molecule has 2 aromatic heterocycles. The molecule has 3 aromatic rings. The normalized spacial score (nSPS) is 16.5. The Labute approximate surface area is 187 Å². The number of anilines is 2. The molecule has 6 N–H and O–H groups in total. The number of nitrogens with one attached hydrogen (secondary N) is 4. The summed E-state index contributed by atoms with van der Waals surface area (Å²) in [5.74, 6) is 0.474. The Balaban J connectivity index is 1.34. The Morgan fingerprint density at radius 2 is 2.03 bits per heavy atom. The lowest BCUT2D eigenvalue weighted by molar-refractivity contribution is 0.102. The van der Waals surface area contributed by atoms with E-state index >= 15 is 0 Å². The molecule has 0 radical (unpaired) electrons. The number of aromatic nitrogens is 1. The van der Waals surface area contributed by atoms with E-state index in [0.717, 1.165) is 52.8 Å². The second kappa shape index (κ2) is 8.63. The fourth-order valence-electron chi connectivity index (χ4n) is 3.65. The van der Waals surface area contributed by atoms with Crippen LogP contribution in [0.25, 0.3) is 10.6 Å². The zero-order valence-corrected chi connectivity index (χ0v) is 18.2. The van der Waals surface area contributed by atoms with E-state index in [1.807, 2.05) is 35.7 Å². The minimum atomic E-state index is -0.222. The van der Waals surface area contributed by atoms with Crippen LogP contribution in [-0.4, -0.2) is 35.9 Å². The van der Waals surface area contributed by atoms with Gasteiger partial charge in [-0.05, 0) is 36.4 Å². The number of thiophene rings is 1. The van der Waals surface area contributed by atoms with Crippen molar-refractivity contribution in [3.8, 4) is 10.6 Å². The van der Waals surface area contributed by atoms with Crippen molar-refractivity contribution in [2.75, 3.05) is 23.3 Å². The fraction of sp³-hybridized carbons (Fsp3) is 0.250. The van der Waals surface area contributed by atoms with Gasteiger partial charge in [-0.1, -0.05) is 12.1 Å². The summed E-state index contributed by atoms with van der Waals surface area (Å²) in [5.41, 5.74) is 17.5. The highest BCUT2D eigenvalue weighted by molar-refractivity contribution is 7.15. The van der Waals surface area contributed by atoms with E-state index in [4.69, 9.17) is 5.73 Å². The highest BCUT2D eigenvalue weighted by atomic mass is 32.1. The van der Waals surface area contributed by atoms with Gasteiger partial charge in [-0.2, -0.15) is 0 Å². The number of hydrogen-bond acceptors (Lipinski definition) is 10. The first-order chi connectivity index (χ1) is 15.2. The van der Waals surface area contributed by atoms with Gasteiger partial charge in [0, 0.05) is 30.1 Å². The van der Waals surface area contributed by atoms with Gasteiger partial charge in [0.05, 0.1) is 16.3 Å². The second-order valence-corrected chi connectivity index (χ2v) is 9.09. The Morgan fingerprint density at radius 3 is 2.84 bits per heavy atom. The number of piperidine rings is 1. The summed E-state index contributed by atoms with van der Waals surface area (Å²) in [5, 5.41) is 11.7. The number of benzene rings is 1. The van der Waals surface area contributed by atoms with Gasteiger partial charge in [0.2, 0.25) is 0 Å². The highest BCUT2D eigenvalue weighted by Gasteiger charge is 2.22. The summed E-state index contributed by atoms with van der Waals surface area (Å²) in [6, 6.07) is 10.1. The van der Waals surface area contributed by atoms with Crippen molar-refractivity contribution in [1.82, 2.24) is 21.5 Å². The smallest absolute Gasteiger partial charge is 0.275 e. The van der Waals surface area contributed by atoms with Gasteiger partial charge in [-0.25, -0.2) is 10.5 Å². The zero-order chi connectivity index (χ0) is 21.2. The van der Waals surface area contributed by atoms with E-state index in [2.05, 4.69) is 36.8 Å². The molecule has 0 spiro atoms. The van der Waals surface area contributed by atoms with Crippen molar-refractivity contribution in [2.45, 2.75) is 18.9 Å². The van der Waals surface area contributed by atoms with E-state index in [1.54, 1.807) is 16.7 Å². The first kappa shape index (κ1) is 19.9. The number of carbonyl (C=O) groups excluding carboxylic acids is 1. The topological polar surface area (TPSA) is 120 Å². The molecule has 0 atom stereocenters. The van der Waals surface area contributed by atoms with Gasteiger partial charge in [0.1, 0.15) is 10.7 Å². The number of nitrogens with zero attached hydrogens (tertiary/aromatic N) is 3. The maximum Gasteiger partial charge on any atom is 0.275 e. The highest BCUT2D eigenvalue weighted by Crippen LogP contribution is 2.32. The van der Waals surface area contributed by atoms with Crippen LogP contribution in [0.3, 0.4) is 0 Å². The number of hydrazone groups is 1. The quantitative estimate of drug-likeness (QED) is 0.401. The number of thiazole rings is 1. The van der Waals surface area contributed by atoms with Gasteiger partial charge < -0.3 is 16.0 Å². The third-order valence-corrected chi connectivity index (χ3v) is 7.08. The minimum Gasteiger partial charge on any atom is -0.370 e. The molecule has 1 fully saturated rings. The van der Waals surface area contributed by atoms with Crippen LogP contribution in [0.1, 0.15) is 28.2 Å². The standard InChI is InChI=1S/C20H22N8OS2/c21-12-5-8-28(9-6-12)16-4-2-1-3-14(16)22-19(29)15-11-31-20(23-15)13-7-10-30-17(13)18-24-26-27-25-18/h1-4,7,10-12,26-27H,5-6,8-9,21H2,(H,22,29)(H,24,25). The fourth-order valence-corrected chi connectivity index (χ4v) is 5.39. The number of rotatable bonds is 5. The maximum atomic E-state index is 13.0. The van der Waals surface area contributed by atoms with E-state index in [0.29, 0.717) is 11.5 Å². The molecule has 4 heterocycles. The second-order valence-electron chi connectivity index (χ2n) is 7.32. The number of nitrogens with two attached hydrogens (primary N) is 1. The molecule has 2 aliphatic heterocycles. The van der Waals surface area contributed by atoms with Gasteiger partial charge in [0.15, 0.2) is 5.84 Å². The molecule has 160 valence electrons. The first-order valence-electron chi connectivity index (χ1n) is 9.97. The molecule has 1 aromatic carbocycles. The summed E-state index contributed by atoms with van der Waals surface area (Å²) in [7, 11) is 0. The van der Waals surface area contributed by atoms with Gasteiger partial charge in [-0.3, -0.25) is 10.2 Å². The summed E-state index contributed by atoms with van der Waals surface area (Å²) in [6.45, 7) is 1.77. The lowest BCUT2D eigenvalue weighted by Crippen LogP contribution is -2.40. The lowest BCUT2D eigenvalue weighted by atomic mass is 10.0. The van der Waals surface area contributed by atoms with Crippen molar-refractivity contribution < 1.29 is 4.79 Å². The van der Waals surface area contributed by atoms with E-state index in [-0.39, 0.29) is 11.9 Å². The van der Waals surface area contributed by atoms with Crippen LogP contribution < -0.4 is 32.4 Å². The lowest BCUT2D eigenvalue weighted by Gasteiger charge is -2.33. The molecule has 0 unspecified atom stereocenters. The summed E-state index contributed by atoms with van der Waals surface area (Å²) < 4.78 is 0. The first-order valence-corrected chi connectivity index (χ1v) is 11.7. The average molecular weight is 455 g/mol. The molecule has 0 saturated carbocycles. The van der Waals surface area contributed by atoms with Crippen LogP contribution in [0.5, 0.6) is 0 Å². The van der Waals surface area contributed by atoms with Crippen molar-refractivity contribution in [3.63, 3.8) is 0 Å². The predicted octanol–water partition coefficient (Wildman–Crippen LogP) is 2.33. The van der Waals surface area contributed by atoms with Crippen LogP contribution in [0.2, 0.25) is 0 Å². The number of hydrogen-bond donors (Lipinski definition) is 5. The SMILES string of the molecule is NC1CCN(c2ccccc2NC(=O)c2csc(-c3ccsc3C3=NNNN3)n2)CC1. The largest absolute Gasteiger partial charge is 0.370 e. The van der Waals surface area contributed by atoms with Gasteiger partial charge >= 0.3 is 0 Å². The van der Waals surface area contributed by atoms with E-state index in [9.17, 15) is 4.79 Å². The van der Waals surface area contributed by atoms with Crippen molar-refractivity contribution >= 4 is 45.8 Å². The zero-order valence-electron chi connectivity index (χ0n) is 16.6. The summed E-state index contributed by atoms with van der Waals surface area (Å²) >= 11 is 3.00. The number of hydrazine groups is 2. The Bertz CT molecular complexity index is 1120. The third kappa shape index (κ3) is 4.12. The van der Waals surface area contributed by atoms with Gasteiger partial charge in [0.25, 0.3) is 5.91 Å². The Kier molecular flexibility index (Phi) is 5.55.